The fourth-order valence-electron chi connectivity index (χ4n) is 1.73. The Bertz CT molecular complexity index is 491. The van der Waals surface area contributed by atoms with Crippen molar-refractivity contribution in [2.45, 2.75) is 13.3 Å². The number of hydrogen-bond donors (Lipinski definition) is 0. The molecule has 100 valence electrons. The Morgan fingerprint density at radius 3 is 2.16 bits per heavy atom. The van der Waals surface area contributed by atoms with Crippen molar-refractivity contribution >= 4 is 12.0 Å². The number of rotatable bonds is 6. The van der Waals surface area contributed by atoms with Crippen molar-refractivity contribution in [1.29, 1.82) is 0 Å². The van der Waals surface area contributed by atoms with E-state index in [4.69, 9.17) is 8.92 Å². The molecule has 0 radical (unpaired) electrons. The lowest BCUT2D eigenvalue weighted by molar-refractivity contribution is 0.322. The molecule has 0 saturated heterocycles. The van der Waals surface area contributed by atoms with Gasteiger partial charge in [-0.25, -0.2) is 0 Å². The van der Waals surface area contributed by atoms with E-state index in [0.29, 0.717) is 6.61 Å². The highest BCUT2D eigenvalue weighted by molar-refractivity contribution is 7.94. The molecule has 0 aliphatic carbocycles. The summed E-state index contributed by atoms with van der Waals surface area (Å²) in [7, 11) is 0. The summed E-state index contributed by atoms with van der Waals surface area (Å²) in [5, 5.41) is 0. The summed E-state index contributed by atoms with van der Waals surface area (Å²) < 4.78 is 11.0. The van der Waals surface area contributed by atoms with E-state index in [-0.39, 0.29) is 0 Å². The lowest BCUT2D eigenvalue weighted by Gasteiger charge is -2.07. The molecule has 0 aliphatic rings. The normalized spacial score (nSPS) is 10.2. The average Bonchev–Trinajstić information content (AvgIpc) is 2.43. The Morgan fingerprint density at radius 2 is 1.53 bits per heavy atom. The third-order valence-corrected chi connectivity index (χ3v) is 3.14. The maximum absolute atomic E-state index is 5.71. The Hall–Kier alpha value is -1.61. The van der Waals surface area contributed by atoms with Crippen LogP contribution in [0.1, 0.15) is 11.1 Å². The van der Waals surface area contributed by atoms with Gasteiger partial charge in [-0.3, -0.25) is 0 Å². The highest BCUT2D eigenvalue weighted by Gasteiger charge is 1.97. The molecule has 0 atom stereocenters. The first-order chi connectivity index (χ1) is 9.28. The van der Waals surface area contributed by atoms with Gasteiger partial charge in [0, 0.05) is 12.7 Å². The van der Waals surface area contributed by atoms with Gasteiger partial charge in [-0.2, -0.15) is 0 Å². The lowest BCUT2D eigenvalue weighted by Crippen LogP contribution is -2.01. The SMILES string of the molecule is CSOc1ccc(CCOc2ccc(C)cc2)cc1. The summed E-state index contributed by atoms with van der Waals surface area (Å²) in [6.45, 7) is 2.76. The van der Waals surface area contributed by atoms with E-state index in [2.05, 4.69) is 31.2 Å². The van der Waals surface area contributed by atoms with Crippen molar-refractivity contribution in [3.63, 3.8) is 0 Å². The van der Waals surface area contributed by atoms with Gasteiger partial charge >= 0.3 is 0 Å². The molecule has 2 aromatic carbocycles. The molecule has 0 spiro atoms. The molecule has 0 bridgehead atoms. The van der Waals surface area contributed by atoms with E-state index < -0.39 is 0 Å². The summed E-state index contributed by atoms with van der Waals surface area (Å²) in [6.07, 6.45) is 2.80. The van der Waals surface area contributed by atoms with Gasteiger partial charge in [0.25, 0.3) is 0 Å². The van der Waals surface area contributed by atoms with Gasteiger partial charge in [-0.15, -0.1) is 0 Å². The van der Waals surface area contributed by atoms with Crippen LogP contribution in [0.2, 0.25) is 0 Å². The van der Waals surface area contributed by atoms with E-state index in [1.807, 2.05) is 30.5 Å². The summed E-state index contributed by atoms with van der Waals surface area (Å²) >= 11 is 1.35. The third kappa shape index (κ3) is 4.52. The average molecular weight is 274 g/mol. The summed E-state index contributed by atoms with van der Waals surface area (Å²) in [5.41, 5.74) is 2.50. The predicted octanol–water partition coefficient (Wildman–Crippen LogP) is 4.27. The number of benzene rings is 2. The lowest BCUT2D eigenvalue weighted by atomic mass is 10.1. The standard InChI is InChI=1S/C16H18O2S/c1-13-3-7-15(8-4-13)17-12-11-14-5-9-16(10-6-14)18-19-2/h3-10H,11-12H2,1-2H3. The molecule has 0 heterocycles. The van der Waals surface area contributed by atoms with E-state index >= 15 is 0 Å². The first-order valence-corrected chi connectivity index (χ1v) is 7.42. The monoisotopic (exact) mass is 274 g/mol. The van der Waals surface area contributed by atoms with Crippen LogP contribution in [-0.4, -0.2) is 12.9 Å². The second-order valence-electron chi connectivity index (χ2n) is 4.31. The molecule has 2 aromatic rings. The molecule has 0 saturated carbocycles. The van der Waals surface area contributed by atoms with Gasteiger partial charge in [-0.1, -0.05) is 29.8 Å². The molecule has 0 unspecified atom stereocenters. The van der Waals surface area contributed by atoms with Crippen LogP contribution in [0, 0.1) is 6.92 Å². The van der Waals surface area contributed by atoms with E-state index in [1.165, 1.54) is 23.2 Å². The first kappa shape index (κ1) is 13.8. The van der Waals surface area contributed by atoms with Crippen LogP contribution in [0.3, 0.4) is 0 Å². The summed E-state index contributed by atoms with van der Waals surface area (Å²) in [6, 6.07) is 16.2. The van der Waals surface area contributed by atoms with Crippen LogP contribution in [-0.2, 0) is 6.42 Å². The van der Waals surface area contributed by atoms with Crippen LogP contribution in [0.4, 0.5) is 0 Å². The van der Waals surface area contributed by atoms with Crippen LogP contribution in [0.15, 0.2) is 48.5 Å². The Labute approximate surface area is 119 Å². The summed E-state index contributed by atoms with van der Waals surface area (Å²) in [5.74, 6) is 1.81. The van der Waals surface area contributed by atoms with Crippen LogP contribution < -0.4 is 8.92 Å². The fourth-order valence-corrected chi connectivity index (χ4v) is 2.03. The second-order valence-corrected chi connectivity index (χ2v) is 4.81. The van der Waals surface area contributed by atoms with Crippen LogP contribution in [0.25, 0.3) is 0 Å². The van der Waals surface area contributed by atoms with Crippen LogP contribution in [0.5, 0.6) is 11.5 Å². The zero-order valence-electron chi connectivity index (χ0n) is 11.3. The van der Waals surface area contributed by atoms with E-state index in [9.17, 15) is 0 Å². The molecule has 0 amide bonds. The van der Waals surface area contributed by atoms with E-state index in [0.717, 1.165) is 17.9 Å². The molecule has 2 nitrogen and oxygen atoms in total. The maximum Gasteiger partial charge on any atom is 0.137 e. The Balaban J connectivity index is 1.80. The van der Waals surface area contributed by atoms with Gasteiger partial charge in [0.1, 0.15) is 11.5 Å². The quantitative estimate of drug-likeness (QED) is 0.733. The number of ether oxygens (including phenoxy) is 1. The van der Waals surface area contributed by atoms with Crippen molar-refractivity contribution in [2.24, 2.45) is 0 Å². The van der Waals surface area contributed by atoms with E-state index in [1.54, 1.807) is 0 Å². The fraction of sp³-hybridized carbons (Fsp3) is 0.250. The second kappa shape index (κ2) is 7.10. The zero-order chi connectivity index (χ0) is 13.5. The summed E-state index contributed by atoms with van der Waals surface area (Å²) in [4.78, 5) is 0. The Kier molecular flexibility index (Phi) is 5.16. The molecule has 19 heavy (non-hydrogen) atoms. The minimum atomic E-state index is 0.686. The Morgan fingerprint density at radius 1 is 0.895 bits per heavy atom. The molecule has 3 heteroatoms. The molecule has 2 rings (SSSR count). The largest absolute Gasteiger partial charge is 0.493 e. The molecule has 0 aliphatic heterocycles. The minimum Gasteiger partial charge on any atom is -0.493 e. The third-order valence-electron chi connectivity index (χ3n) is 2.78. The topological polar surface area (TPSA) is 18.5 Å². The van der Waals surface area contributed by atoms with Gasteiger partial charge in [-0.05, 0) is 36.8 Å². The van der Waals surface area contributed by atoms with Gasteiger partial charge in [0.05, 0.1) is 18.6 Å². The number of aryl methyl sites for hydroxylation is 1. The van der Waals surface area contributed by atoms with Crippen molar-refractivity contribution in [3.05, 3.63) is 59.7 Å². The number of hydrogen-bond acceptors (Lipinski definition) is 3. The predicted molar refractivity (Wildman–Crippen MR) is 81.0 cm³/mol. The highest BCUT2D eigenvalue weighted by atomic mass is 32.2. The van der Waals surface area contributed by atoms with Crippen molar-refractivity contribution in [1.82, 2.24) is 0 Å². The molecule has 0 fully saturated rings. The maximum atomic E-state index is 5.71. The van der Waals surface area contributed by atoms with Gasteiger partial charge in [0.2, 0.25) is 0 Å². The molecular weight excluding hydrogens is 256 g/mol. The highest BCUT2D eigenvalue weighted by Crippen LogP contribution is 2.16. The van der Waals surface area contributed by atoms with Crippen LogP contribution >= 0.6 is 12.0 Å². The van der Waals surface area contributed by atoms with Gasteiger partial charge < -0.3 is 8.92 Å². The zero-order valence-corrected chi connectivity index (χ0v) is 12.1. The van der Waals surface area contributed by atoms with Crippen molar-refractivity contribution in [3.8, 4) is 11.5 Å². The van der Waals surface area contributed by atoms with Gasteiger partial charge in [0.15, 0.2) is 0 Å². The smallest absolute Gasteiger partial charge is 0.137 e. The molecule has 0 N–H and O–H groups in total. The molecular formula is C16H18O2S. The molecule has 0 aromatic heterocycles. The first-order valence-electron chi connectivity index (χ1n) is 6.27. The minimum absolute atomic E-state index is 0.686. The van der Waals surface area contributed by atoms with Crippen molar-refractivity contribution in [2.75, 3.05) is 12.9 Å². The van der Waals surface area contributed by atoms with Crippen molar-refractivity contribution < 1.29 is 8.92 Å².